The van der Waals surface area contributed by atoms with Crippen LogP contribution in [0.4, 0.5) is 5.69 Å². The summed E-state index contributed by atoms with van der Waals surface area (Å²) in [6.45, 7) is 2.65. The van der Waals surface area contributed by atoms with Crippen LogP contribution in [0.2, 0.25) is 0 Å². The van der Waals surface area contributed by atoms with Crippen LogP contribution in [0.25, 0.3) is 0 Å². The molecule has 1 aromatic heterocycles. The van der Waals surface area contributed by atoms with E-state index < -0.39 is 0 Å². The van der Waals surface area contributed by atoms with E-state index in [1.165, 1.54) is 19.3 Å². The Morgan fingerprint density at radius 2 is 2.41 bits per heavy atom. The van der Waals surface area contributed by atoms with Crippen LogP contribution in [0.15, 0.2) is 18.3 Å². The Hall–Kier alpha value is -1.13. The van der Waals surface area contributed by atoms with Gasteiger partial charge >= 0.3 is 0 Å². The molecule has 1 atom stereocenters. The number of nitrogens with two attached hydrogens (primary N) is 1. The number of pyridine rings is 1. The molecule has 17 heavy (non-hydrogen) atoms. The summed E-state index contributed by atoms with van der Waals surface area (Å²) in [5.41, 5.74) is 7.60. The predicted molar refractivity (Wildman–Crippen MR) is 68.6 cm³/mol. The second-order valence-corrected chi connectivity index (χ2v) is 4.72. The highest BCUT2D eigenvalue weighted by Gasteiger charge is 2.16. The van der Waals surface area contributed by atoms with Gasteiger partial charge in [-0.15, -0.1) is 0 Å². The van der Waals surface area contributed by atoms with Crippen LogP contribution in [-0.2, 0) is 11.3 Å². The van der Waals surface area contributed by atoms with E-state index in [2.05, 4.69) is 16.9 Å². The third-order valence-corrected chi connectivity index (χ3v) is 3.13. The molecule has 4 nitrogen and oxygen atoms in total. The van der Waals surface area contributed by atoms with Crippen LogP contribution in [-0.4, -0.2) is 36.2 Å². The van der Waals surface area contributed by atoms with Gasteiger partial charge in [-0.3, -0.25) is 9.88 Å². The zero-order chi connectivity index (χ0) is 12.1. The summed E-state index contributed by atoms with van der Waals surface area (Å²) >= 11 is 0. The zero-order valence-electron chi connectivity index (χ0n) is 10.4. The van der Waals surface area contributed by atoms with Crippen LogP contribution < -0.4 is 5.73 Å². The fourth-order valence-electron chi connectivity index (χ4n) is 2.20. The number of hydrogen-bond acceptors (Lipinski definition) is 4. The van der Waals surface area contributed by atoms with Gasteiger partial charge in [-0.1, -0.05) is 0 Å². The molecule has 2 N–H and O–H groups in total. The van der Waals surface area contributed by atoms with Gasteiger partial charge in [0.05, 0.1) is 17.5 Å². The number of nitrogens with zero attached hydrogens (tertiary/aromatic N) is 2. The van der Waals surface area contributed by atoms with Crippen LogP contribution in [0, 0.1) is 0 Å². The Morgan fingerprint density at radius 1 is 1.53 bits per heavy atom. The molecular weight excluding hydrogens is 214 g/mol. The van der Waals surface area contributed by atoms with Crippen molar-refractivity contribution in [3.05, 3.63) is 24.0 Å². The maximum absolute atomic E-state index is 5.88. The molecule has 0 radical (unpaired) electrons. The Kier molecular flexibility index (Phi) is 4.34. The average Bonchev–Trinajstić information content (AvgIpc) is 2.33. The molecule has 2 heterocycles. The molecule has 1 aliphatic rings. The highest BCUT2D eigenvalue weighted by molar-refractivity contribution is 5.41. The van der Waals surface area contributed by atoms with Gasteiger partial charge in [-0.05, 0) is 38.4 Å². The van der Waals surface area contributed by atoms with Crippen molar-refractivity contribution < 1.29 is 4.74 Å². The van der Waals surface area contributed by atoms with E-state index in [1.54, 1.807) is 6.20 Å². The summed E-state index contributed by atoms with van der Waals surface area (Å²) in [6.07, 6.45) is 5.81. The van der Waals surface area contributed by atoms with Crippen molar-refractivity contribution in [1.82, 2.24) is 9.88 Å². The molecule has 0 bridgehead atoms. The third-order valence-electron chi connectivity index (χ3n) is 3.13. The molecule has 0 spiro atoms. The van der Waals surface area contributed by atoms with Gasteiger partial charge in [-0.25, -0.2) is 0 Å². The van der Waals surface area contributed by atoms with E-state index in [-0.39, 0.29) is 0 Å². The molecule has 0 aromatic carbocycles. The van der Waals surface area contributed by atoms with Crippen molar-refractivity contribution in [2.75, 3.05) is 25.9 Å². The molecule has 94 valence electrons. The van der Waals surface area contributed by atoms with Crippen LogP contribution in [0.5, 0.6) is 0 Å². The highest BCUT2D eigenvalue weighted by Crippen LogP contribution is 2.15. The highest BCUT2D eigenvalue weighted by atomic mass is 16.5. The van der Waals surface area contributed by atoms with Crippen molar-refractivity contribution in [1.29, 1.82) is 0 Å². The predicted octanol–water partition coefficient (Wildman–Crippen LogP) is 1.66. The zero-order valence-corrected chi connectivity index (χ0v) is 10.4. The lowest BCUT2D eigenvalue weighted by Crippen LogP contribution is -2.33. The molecule has 0 amide bonds. The van der Waals surface area contributed by atoms with Crippen LogP contribution >= 0.6 is 0 Å². The molecule has 0 saturated carbocycles. The quantitative estimate of drug-likeness (QED) is 0.862. The van der Waals surface area contributed by atoms with E-state index in [0.717, 1.165) is 31.1 Å². The summed E-state index contributed by atoms with van der Waals surface area (Å²) in [4.78, 5) is 6.53. The van der Waals surface area contributed by atoms with Crippen LogP contribution in [0.3, 0.4) is 0 Å². The average molecular weight is 235 g/mol. The van der Waals surface area contributed by atoms with Crippen molar-refractivity contribution in [3.63, 3.8) is 0 Å². The smallest absolute Gasteiger partial charge is 0.0772 e. The van der Waals surface area contributed by atoms with E-state index in [0.29, 0.717) is 6.10 Å². The fraction of sp³-hybridized carbons (Fsp3) is 0.615. The molecule has 1 unspecified atom stereocenters. The lowest BCUT2D eigenvalue weighted by molar-refractivity contribution is -0.00271. The minimum Gasteiger partial charge on any atom is -0.397 e. The van der Waals surface area contributed by atoms with Gasteiger partial charge in [0.15, 0.2) is 0 Å². The molecule has 1 aromatic rings. The minimum atomic E-state index is 0.374. The number of likely N-dealkylation sites (N-methyl/N-ethyl adjacent to an activating group) is 1. The topological polar surface area (TPSA) is 51.4 Å². The maximum Gasteiger partial charge on any atom is 0.0772 e. The Balaban J connectivity index is 1.84. The summed E-state index contributed by atoms with van der Waals surface area (Å²) in [6, 6.07) is 3.76. The van der Waals surface area contributed by atoms with Crippen LogP contribution in [0.1, 0.15) is 25.0 Å². The maximum atomic E-state index is 5.88. The molecule has 4 heteroatoms. The molecule has 2 rings (SSSR count). The lowest BCUT2D eigenvalue weighted by atomic mass is 10.1. The van der Waals surface area contributed by atoms with Gasteiger partial charge in [0.1, 0.15) is 0 Å². The molecule has 1 saturated heterocycles. The number of aromatic nitrogens is 1. The van der Waals surface area contributed by atoms with Crippen molar-refractivity contribution in [3.8, 4) is 0 Å². The van der Waals surface area contributed by atoms with Gasteiger partial charge in [0.25, 0.3) is 0 Å². The van der Waals surface area contributed by atoms with E-state index in [1.807, 2.05) is 12.1 Å². The number of ether oxygens (including phenoxy) is 1. The minimum absolute atomic E-state index is 0.374. The summed E-state index contributed by atoms with van der Waals surface area (Å²) in [5, 5.41) is 0. The molecule has 1 aliphatic heterocycles. The first-order valence-corrected chi connectivity index (χ1v) is 6.25. The second kappa shape index (κ2) is 5.98. The summed E-state index contributed by atoms with van der Waals surface area (Å²) < 4.78 is 5.72. The summed E-state index contributed by atoms with van der Waals surface area (Å²) in [5.74, 6) is 0. The number of hydrogen-bond donors (Lipinski definition) is 1. The lowest BCUT2D eigenvalue weighted by Gasteiger charge is -2.27. The molecule has 0 aliphatic carbocycles. The number of anilines is 1. The first-order chi connectivity index (χ1) is 8.25. The second-order valence-electron chi connectivity index (χ2n) is 4.72. The Bertz CT molecular complexity index is 350. The first-order valence-electron chi connectivity index (χ1n) is 6.25. The van der Waals surface area contributed by atoms with Crippen molar-refractivity contribution in [2.24, 2.45) is 0 Å². The fourth-order valence-corrected chi connectivity index (χ4v) is 2.20. The van der Waals surface area contributed by atoms with Gasteiger partial charge in [0.2, 0.25) is 0 Å². The third kappa shape index (κ3) is 3.68. The largest absolute Gasteiger partial charge is 0.397 e. The molecule has 1 fully saturated rings. The van der Waals surface area contributed by atoms with Gasteiger partial charge in [-0.2, -0.15) is 0 Å². The van der Waals surface area contributed by atoms with Crippen molar-refractivity contribution >= 4 is 5.69 Å². The number of rotatable bonds is 4. The van der Waals surface area contributed by atoms with E-state index in [4.69, 9.17) is 10.5 Å². The normalized spacial score (nSPS) is 20.7. The summed E-state index contributed by atoms with van der Waals surface area (Å²) in [7, 11) is 2.09. The van der Waals surface area contributed by atoms with Gasteiger partial charge < -0.3 is 10.5 Å². The van der Waals surface area contributed by atoms with Gasteiger partial charge in [0, 0.05) is 25.9 Å². The monoisotopic (exact) mass is 235 g/mol. The number of nitrogen functional groups attached to an aromatic ring is 1. The first kappa shape index (κ1) is 12.3. The Morgan fingerprint density at radius 3 is 3.12 bits per heavy atom. The Labute approximate surface area is 103 Å². The molecular formula is C13H21N3O. The van der Waals surface area contributed by atoms with Crippen molar-refractivity contribution in [2.45, 2.75) is 31.9 Å². The SMILES string of the molecule is CN(Cc1ncccc1N)CC1CCCCO1. The van der Waals surface area contributed by atoms with E-state index >= 15 is 0 Å². The standard InChI is InChI=1S/C13H21N3O/c1-16(9-11-5-2-3-8-17-11)10-13-12(14)6-4-7-15-13/h4,6-7,11H,2-3,5,8-10,14H2,1H3. The van der Waals surface area contributed by atoms with E-state index in [9.17, 15) is 0 Å².